The minimum atomic E-state index is -0.870. The van der Waals surface area contributed by atoms with E-state index in [9.17, 15) is 4.79 Å². The van der Waals surface area contributed by atoms with E-state index in [0.717, 1.165) is 64.2 Å². The van der Waals surface area contributed by atoms with Crippen LogP contribution in [0.5, 0.6) is 0 Å². The molecule has 18 atom stereocenters. The lowest BCUT2D eigenvalue weighted by Gasteiger charge is -2.71. The minimum absolute atomic E-state index is 0.00921. The van der Waals surface area contributed by atoms with Gasteiger partial charge in [-0.25, -0.2) is 0 Å². The first-order valence-electron chi connectivity index (χ1n) is 23.9. The molecule has 0 radical (unpaired) electrons. The highest BCUT2D eigenvalue weighted by molar-refractivity contribution is 5.78. The van der Waals surface area contributed by atoms with Gasteiger partial charge in [0.2, 0.25) is 0 Å². The van der Waals surface area contributed by atoms with E-state index in [1.54, 1.807) is 62.5 Å². The van der Waals surface area contributed by atoms with Gasteiger partial charge in [0.1, 0.15) is 48.8 Å². The van der Waals surface area contributed by atoms with E-state index >= 15 is 0 Å². The summed E-state index contributed by atoms with van der Waals surface area (Å²) in [6.07, 6.45) is 6.66. The fourth-order valence-electron chi connectivity index (χ4n) is 15.4. The molecule has 0 spiro atoms. The predicted octanol–water partition coefficient (Wildman–Crippen LogP) is 7.55. The Kier molecular flexibility index (Phi) is 14.7. The number of carbonyl (C=O) groups is 1. The molecule has 7 rings (SSSR count). The van der Waals surface area contributed by atoms with Crippen molar-refractivity contribution in [2.45, 2.75) is 180 Å². The Morgan fingerprint density at radius 2 is 1.17 bits per heavy atom. The predicted molar refractivity (Wildman–Crippen MR) is 236 cm³/mol. The molecule has 0 amide bonds. The first-order chi connectivity index (χ1) is 29.8. The van der Waals surface area contributed by atoms with Gasteiger partial charge in [-0.15, -0.1) is 0 Å². The molecule has 4 saturated carbocycles. The van der Waals surface area contributed by atoms with Gasteiger partial charge >= 0.3 is 5.97 Å². The number of allylic oxidation sites excluding steroid dienone is 2. The minimum Gasteiger partial charge on any atom is -0.469 e. The summed E-state index contributed by atoms with van der Waals surface area (Å²) in [5.41, 5.74) is 1.42. The van der Waals surface area contributed by atoms with Crippen LogP contribution < -0.4 is 0 Å². The molecule has 2 saturated heterocycles. The number of carbonyl (C=O) groups excluding carboxylic acids is 1. The number of fused-ring (bicyclic) bond motifs is 7. The Morgan fingerprint density at radius 1 is 0.619 bits per heavy atom. The number of methoxy groups -OCH3 is 8. The normalized spacial score (nSPS) is 47.9. The van der Waals surface area contributed by atoms with Crippen molar-refractivity contribution >= 4 is 5.97 Å². The van der Waals surface area contributed by atoms with E-state index < -0.39 is 66.8 Å². The van der Waals surface area contributed by atoms with E-state index in [4.69, 9.17) is 56.8 Å². The second-order valence-electron chi connectivity index (χ2n) is 22.4. The Balaban J connectivity index is 1.12. The van der Waals surface area contributed by atoms with Crippen molar-refractivity contribution < 1.29 is 61.6 Å². The zero-order valence-electron chi connectivity index (χ0n) is 41.5. The van der Waals surface area contributed by atoms with Gasteiger partial charge in [0, 0.05) is 49.8 Å². The summed E-state index contributed by atoms with van der Waals surface area (Å²) in [7, 11) is 13.1. The average Bonchev–Trinajstić information content (AvgIpc) is 3.24. The molecule has 0 bridgehead atoms. The monoisotopic (exact) mass is 893 g/mol. The highest BCUT2D eigenvalue weighted by Gasteiger charge is 2.70. The summed E-state index contributed by atoms with van der Waals surface area (Å²) in [4.78, 5) is 13.8. The van der Waals surface area contributed by atoms with Gasteiger partial charge in [-0.3, -0.25) is 4.79 Å². The van der Waals surface area contributed by atoms with Crippen molar-refractivity contribution in [3.8, 4) is 0 Å². The highest BCUT2D eigenvalue weighted by Crippen LogP contribution is 2.76. The third kappa shape index (κ3) is 8.02. The molecule has 0 aromatic rings. The zero-order valence-corrected chi connectivity index (χ0v) is 41.5. The van der Waals surface area contributed by atoms with Gasteiger partial charge in [-0.05, 0) is 109 Å². The molecule has 0 aromatic carbocycles. The van der Waals surface area contributed by atoms with Crippen LogP contribution >= 0.6 is 0 Å². The summed E-state index contributed by atoms with van der Waals surface area (Å²) < 4.78 is 74.5. The molecule has 2 aliphatic heterocycles. The maximum absolute atomic E-state index is 13.8. The molecule has 0 N–H and O–H groups in total. The van der Waals surface area contributed by atoms with E-state index in [1.165, 1.54) is 0 Å². The van der Waals surface area contributed by atoms with Crippen LogP contribution in [0.3, 0.4) is 0 Å². The fourth-order valence-corrected chi connectivity index (χ4v) is 15.4. The van der Waals surface area contributed by atoms with Crippen LogP contribution in [0.25, 0.3) is 0 Å². The molecule has 362 valence electrons. The van der Waals surface area contributed by atoms with Crippen molar-refractivity contribution in [3.05, 3.63) is 11.6 Å². The van der Waals surface area contributed by atoms with E-state index in [-0.39, 0.29) is 58.3 Å². The Morgan fingerprint density at radius 3 is 1.75 bits per heavy atom. The van der Waals surface area contributed by atoms with E-state index in [0.29, 0.717) is 11.8 Å². The molecular formula is C50H84O13. The lowest BCUT2D eigenvalue weighted by Crippen LogP contribution is -2.67. The smallest absolute Gasteiger partial charge is 0.312 e. The molecular weight excluding hydrogens is 809 g/mol. The summed E-state index contributed by atoms with van der Waals surface area (Å²) in [5.74, 6) is 1.19. The molecule has 18 unspecified atom stereocenters. The lowest BCUT2D eigenvalue weighted by molar-refractivity contribution is -0.375. The summed E-state index contributed by atoms with van der Waals surface area (Å²) in [5, 5.41) is 0. The fraction of sp³-hybridized carbons (Fsp3) is 0.940. The molecule has 7 aliphatic rings. The molecule has 5 aliphatic carbocycles. The molecule has 2 heterocycles. The molecule has 0 aromatic heterocycles. The Labute approximate surface area is 378 Å². The topological polar surface area (TPSA) is 128 Å². The van der Waals surface area contributed by atoms with Gasteiger partial charge in [-0.1, -0.05) is 60.1 Å². The SMILES string of the molecule is COCC1OC(OC2C(COC)OC(OC3CCC4(C)C(CCC5(C)C4CC=C4C6CC(C)(C)CCC6(C(=O)OC)CCC45C)C3(C)C)C(OC)C2OC)C(OC)C(OC)C1OC. The van der Waals surface area contributed by atoms with Crippen LogP contribution in [0.1, 0.15) is 113 Å². The Hall–Kier alpha value is -1.23. The van der Waals surface area contributed by atoms with Crippen LogP contribution in [0.15, 0.2) is 11.6 Å². The average molecular weight is 893 g/mol. The van der Waals surface area contributed by atoms with Gasteiger partial charge in [0.05, 0.1) is 31.8 Å². The quantitative estimate of drug-likeness (QED) is 0.0969. The number of esters is 1. The molecule has 13 heteroatoms. The maximum Gasteiger partial charge on any atom is 0.312 e. The van der Waals surface area contributed by atoms with Crippen LogP contribution in [0.2, 0.25) is 0 Å². The van der Waals surface area contributed by atoms with E-state index in [2.05, 4.69) is 54.5 Å². The first kappa shape index (κ1) is 49.7. The van der Waals surface area contributed by atoms with Gasteiger partial charge in [-0.2, -0.15) is 0 Å². The third-order valence-electron chi connectivity index (χ3n) is 19.0. The van der Waals surface area contributed by atoms with Crippen LogP contribution in [0.4, 0.5) is 0 Å². The van der Waals surface area contributed by atoms with Crippen LogP contribution in [-0.2, 0) is 61.6 Å². The number of hydrogen-bond donors (Lipinski definition) is 0. The van der Waals surface area contributed by atoms with Gasteiger partial charge in [0.25, 0.3) is 0 Å². The van der Waals surface area contributed by atoms with E-state index in [1.807, 2.05) is 0 Å². The maximum atomic E-state index is 13.8. The van der Waals surface area contributed by atoms with Crippen molar-refractivity contribution in [1.29, 1.82) is 0 Å². The van der Waals surface area contributed by atoms with Crippen LogP contribution in [0, 0.1) is 50.2 Å². The molecule has 13 nitrogen and oxygen atoms in total. The second kappa shape index (κ2) is 18.7. The summed E-state index contributed by atoms with van der Waals surface area (Å²) >= 11 is 0. The first-order valence-corrected chi connectivity index (χ1v) is 23.9. The Bertz CT molecular complexity index is 1620. The van der Waals surface area contributed by atoms with Crippen molar-refractivity contribution in [2.75, 3.05) is 70.1 Å². The van der Waals surface area contributed by atoms with Gasteiger partial charge in [0.15, 0.2) is 12.6 Å². The largest absolute Gasteiger partial charge is 0.469 e. The number of ether oxygens (including phenoxy) is 12. The van der Waals surface area contributed by atoms with Crippen molar-refractivity contribution in [1.82, 2.24) is 0 Å². The number of hydrogen-bond acceptors (Lipinski definition) is 13. The molecule has 6 fully saturated rings. The zero-order chi connectivity index (χ0) is 45.9. The highest BCUT2D eigenvalue weighted by atomic mass is 16.8. The second-order valence-corrected chi connectivity index (χ2v) is 22.4. The lowest BCUT2D eigenvalue weighted by atomic mass is 9.33. The summed E-state index contributed by atoms with van der Waals surface area (Å²) in [6.45, 7) is 17.9. The van der Waals surface area contributed by atoms with Crippen molar-refractivity contribution in [3.63, 3.8) is 0 Å². The summed E-state index contributed by atoms with van der Waals surface area (Å²) in [6, 6.07) is 0. The van der Waals surface area contributed by atoms with Crippen LogP contribution in [-0.4, -0.2) is 144 Å². The van der Waals surface area contributed by atoms with Gasteiger partial charge < -0.3 is 56.8 Å². The third-order valence-corrected chi connectivity index (χ3v) is 19.0. The standard InChI is InChI=1S/C50H84O13/c1-45(2)22-24-50(44(51)59-15)25-23-48(6)29(30(50)26-45)16-17-34-47(5)20-19-35(46(3,4)33(47)18-21-49(34,48)7)62-42-41(58-14)39(56-12)37(32(61-42)28-53-9)63-43-40(57-13)38(55-11)36(54-10)31(60-43)27-52-8/h16,30-43H,17-28H2,1-15H3. The van der Waals surface area contributed by atoms with Crippen molar-refractivity contribution in [2.24, 2.45) is 50.2 Å². The number of rotatable bonds is 14. The molecule has 63 heavy (non-hydrogen) atoms.